The molecule has 2 aliphatic heterocycles. The lowest BCUT2D eigenvalue weighted by atomic mass is 9.88. The third kappa shape index (κ3) is 2.97. The predicted octanol–water partition coefficient (Wildman–Crippen LogP) is 3.79. The van der Waals surface area contributed by atoms with Crippen molar-refractivity contribution < 1.29 is 17.8 Å². The maximum atomic E-state index is 12.9. The molecular weight excluding hydrogens is 460 g/mol. The van der Waals surface area contributed by atoms with Gasteiger partial charge in [-0.3, -0.25) is 14.2 Å². The monoisotopic (exact) mass is 476 g/mol. The molecule has 2 aliphatic rings. The summed E-state index contributed by atoms with van der Waals surface area (Å²) < 4.78 is 32.8. The second-order valence-corrected chi connectivity index (χ2v) is 10.5. The number of anilines is 2. The Morgan fingerprint density at radius 2 is 1.90 bits per heavy atom. The summed E-state index contributed by atoms with van der Waals surface area (Å²) in [5, 5.41) is 6.01. The highest BCUT2D eigenvalue weighted by Gasteiger charge is 2.67. The van der Waals surface area contributed by atoms with E-state index in [1.165, 1.54) is 18.2 Å². The fourth-order valence-electron chi connectivity index (χ4n) is 4.04. The third-order valence-corrected chi connectivity index (χ3v) is 7.89. The minimum Gasteiger partial charge on any atom is -0.282 e. The number of carbonyl (C=O) groups excluding carboxylic acids is 1. The van der Waals surface area contributed by atoms with Crippen molar-refractivity contribution in [3.05, 3.63) is 48.0 Å². The molecule has 1 amide bonds. The molecule has 0 saturated carbocycles. The van der Waals surface area contributed by atoms with E-state index in [0.29, 0.717) is 21.8 Å². The van der Waals surface area contributed by atoms with Crippen LogP contribution in [-0.2, 0) is 14.9 Å². The van der Waals surface area contributed by atoms with Gasteiger partial charge in [0.1, 0.15) is 0 Å². The SMILES string of the molecule is CC1=NN(c2ccc(C)cc2)C2(C1)C(Cl)C(=O)N2c1nc2ccc(S(=O)(=O)O)cc2s1. The molecule has 2 unspecified atom stereocenters. The lowest BCUT2D eigenvalue weighted by molar-refractivity contribution is -0.126. The van der Waals surface area contributed by atoms with Crippen molar-refractivity contribution in [3.63, 3.8) is 0 Å². The zero-order chi connectivity index (χ0) is 22.1. The second-order valence-electron chi connectivity index (χ2n) is 7.68. The zero-order valence-corrected chi connectivity index (χ0v) is 18.9. The Labute approximate surface area is 187 Å². The van der Waals surface area contributed by atoms with Crippen LogP contribution in [0.5, 0.6) is 0 Å². The summed E-state index contributed by atoms with van der Waals surface area (Å²) in [6.07, 6.45) is 0.451. The van der Waals surface area contributed by atoms with Gasteiger partial charge in [0.15, 0.2) is 16.2 Å². The summed E-state index contributed by atoms with van der Waals surface area (Å²) >= 11 is 7.75. The van der Waals surface area contributed by atoms with Gasteiger partial charge in [-0.25, -0.2) is 9.99 Å². The van der Waals surface area contributed by atoms with Crippen molar-refractivity contribution in [2.45, 2.75) is 36.2 Å². The molecule has 1 N–H and O–H groups in total. The van der Waals surface area contributed by atoms with Gasteiger partial charge in [-0.1, -0.05) is 29.0 Å². The predicted molar refractivity (Wildman–Crippen MR) is 121 cm³/mol. The molecular formula is C20H17ClN4O4S2. The van der Waals surface area contributed by atoms with Crippen molar-refractivity contribution in [1.29, 1.82) is 0 Å². The van der Waals surface area contributed by atoms with Crippen LogP contribution in [0.1, 0.15) is 18.9 Å². The van der Waals surface area contributed by atoms with E-state index in [9.17, 15) is 17.8 Å². The first-order chi connectivity index (χ1) is 14.6. The number of aryl methyl sites for hydroxylation is 1. The van der Waals surface area contributed by atoms with Crippen LogP contribution in [-0.4, -0.2) is 40.6 Å². The maximum Gasteiger partial charge on any atom is 0.294 e. The summed E-state index contributed by atoms with van der Waals surface area (Å²) in [6, 6.07) is 11.9. The van der Waals surface area contributed by atoms with Crippen LogP contribution in [0.4, 0.5) is 10.8 Å². The third-order valence-electron chi connectivity index (χ3n) is 5.50. The first kappa shape index (κ1) is 20.4. The quantitative estimate of drug-likeness (QED) is 0.350. The molecule has 31 heavy (non-hydrogen) atoms. The number of alkyl halides is 1. The van der Waals surface area contributed by atoms with E-state index in [-0.39, 0.29) is 10.8 Å². The normalized spacial score (nSPS) is 23.5. The van der Waals surface area contributed by atoms with Crippen molar-refractivity contribution in [2.24, 2.45) is 5.10 Å². The summed E-state index contributed by atoms with van der Waals surface area (Å²) in [6.45, 7) is 3.88. The number of nitrogens with zero attached hydrogens (tertiary/aromatic N) is 4. The van der Waals surface area contributed by atoms with E-state index in [1.807, 2.05) is 38.1 Å². The molecule has 2 atom stereocenters. The number of hydrazone groups is 1. The van der Waals surface area contributed by atoms with Gasteiger partial charge in [0.25, 0.3) is 16.0 Å². The van der Waals surface area contributed by atoms with Crippen molar-refractivity contribution in [1.82, 2.24) is 4.98 Å². The van der Waals surface area contributed by atoms with Crippen LogP contribution in [0.3, 0.4) is 0 Å². The van der Waals surface area contributed by atoms with E-state index in [1.54, 1.807) is 9.91 Å². The molecule has 3 aromatic rings. The largest absolute Gasteiger partial charge is 0.294 e. The summed E-state index contributed by atoms with van der Waals surface area (Å²) in [5.41, 5.74) is 2.32. The maximum absolute atomic E-state index is 12.9. The topological polar surface area (TPSA) is 103 Å². The van der Waals surface area contributed by atoms with Gasteiger partial charge in [0, 0.05) is 12.1 Å². The van der Waals surface area contributed by atoms with Crippen LogP contribution >= 0.6 is 22.9 Å². The molecule has 0 radical (unpaired) electrons. The molecule has 8 nitrogen and oxygen atoms in total. The van der Waals surface area contributed by atoms with Crippen LogP contribution < -0.4 is 9.91 Å². The average molecular weight is 477 g/mol. The Morgan fingerprint density at radius 3 is 2.58 bits per heavy atom. The minimum atomic E-state index is -4.34. The van der Waals surface area contributed by atoms with Crippen LogP contribution in [0, 0.1) is 6.92 Å². The number of amides is 1. The number of carbonyl (C=O) groups is 1. The van der Waals surface area contributed by atoms with Gasteiger partial charge in [-0.15, -0.1) is 11.6 Å². The molecule has 0 aliphatic carbocycles. The Kier molecular flexibility index (Phi) is 4.43. The molecule has 2 aromatic carbocycles. The standard InChI is InChI=1S/C20H17ClN4O4S2/c1-11-3-5-13(6-4-11)25-20(10-12(2)23-25)17(21)18(26)24(20)19-22-15-8-7-14(31(27,28)29)9-16(15)30-19/h3-9,17H,10H2,1-2H3,(H,27,28,29). The molecule has 5 rings (SSSR count). The number of benzene rings is 2. The number of aromatic nitrogens is 1. The first-order valence-corrected chi connectivity index (χ1v) is 12.1. The number of halogens is 1. The smallest absolute Gasteiger partial charge is 0.282 e. The van der Waals surface area contributed by atoms with E-state index >= 15 is 0 Å². The number of β-lactam (4-membered cyclic amide) rings is 1. The molecule has 1 saturated heterocycles. The summed E-state index contributed by atoms with van der Waals surface area (Å²) in [5.74, 6) is -0.294. The molecule has 0 bridgehead atoms. The van der Waals surface area contributed by atoms with E-state index in [0.717, 1.165) is 28.3 Å². The number of fused-ring (bicyclic) bond motifs is 1. The molecule has 1 spiro atoms. The first-order valence-electron chi connectivity index (χ1n) is 9.38. The van der Waals surface area contributed by atoms with Crippen molar-refractivity contribution in [3.8, 4) is 0 Å². The molecule has 3 heterocycles. The minimum absolute atomic E-state index is 0.226. The number of thiazole rings is 1. The lowest BCUT2D eigenvalue weighted by Crippen LogP contribution is -2.78. The second kappa shape index (κ2) is 6.73. The number of rotatable bonds is 3. The van der Waals surface area contributed by atoms with Crippen LogP contribution in [0.25, 0.3) is 10.2 Å². The van der Waals surface area contributed by atoms with E-state index in [2.05, 4.69) is 10.1 Å². The average Bonchev–Trinajstić information content (AvgIpc) is 3.29. The Bertz CT molecular complexity index is 1370. The zero-order valence-electron chi connectivity index (χ0n) is 16.5. The Balaban J connectivity index is 1.62. The van der Waals surface area contributed by atoms with Crippen molar-refractivity contribution in [2.75, 3.05) is 9.91 Å². The summed E-state index contributed by atoms with van der Waals surface area (Å²) in [7, 11) is -4.34. The molecule has 1 fully saturated rings. The van der Waals surface area contributed by atoms with E-state index < -0.39 is 21.2 Å². The molecule has 1 aromatic heterocycles. The van der Waals surface area contributed by atoms with Gasteiger partial charge in [-0.2, -0.15) is 13.5 Å². The number of hydrogen-bond donors (Lipinski definition) is 1. The fraction of sp³-hybridized carbons (Fsp3) is 0.250. The van der Waals surface area contributed by atoms with Gasteiger partial charge in [0.05, 0.1) is 20.8 Å². The molecule has 11 heteroatoms. The van der Waals surface area contributed by atoms with Gasteiger partial charge < -0.3 is 0 Å². The lowest BCUT2D eigenvalue weighted by Gasteiger charge is -2.55. The highest BCUT2D eigenvalue weighted by molar-refractivity contribution is 7.85. The fourth-order valence-corrected chi connectivity index (χ4v) is 6.07. The Hall–Kier alpha value is -2.53. The van der Waals surface area contributed by atoms with E-state index in [4.69, 9.17) is 11.6 Å². The van der Waals surface area contributed by atoms with Crippen LogP contribution in [0.15, 0.2) is 52.5 Å². The van der Waals surface area contributed by atoms with Gasteiger partial charge in [0.2, 0.25) is 0 Å². The van der Waals surface area contributed by atoms with Gasteiger partial charge in [-0.05, 0) is 44.2 Å². The Morgan fingerprint density at radius 1 is 1.19 bits per heavy atom. The molecule has 160 valence electrons. The van der Waals surface area contributed by atoms with Crippen LogP contribution in [0.2, 0.25) is 0 Å². The van der Waals surface area contributed by atoms with Crippen molar-refractivity contribution >= 4 is 65.7 Å². The van der Waals surface area contributed by atoms with Gasteiger partial charge >= 0.3 is 0 Å². The number of hydrogen-bond acceptors (Lipinski definition) is 7. The highest BCUT2D eigenvalue weighted by atomic mass is 35.5. The highest BCUT2D eigenvalue weighted by Crippen LogP contribution is 2.51. The summed E-state index contributed by atoms with van der Waals surface area (Å²) in [4.78, 5) is 18.8.